The van der Waals surface area contributed by atoms with E-state index in [-0.39, 0.29) is 12.5 Å². The van der Waals surface area contributed by atoms with Crippen molar-refractivity contribution in [3.63, 3.8) is 0 Å². The average molecular weight is 252 g/mol. The van der Waals surface area contributed by atoms with E-state index in [4.69, 9.17) is 9.84 Å². The van der Waals surface area contributed by atoms with Gasteiger partial charge in [0.2, 0.25) is 0 Å². The number of carboxylic acid groups (broad SMARTS) is 1. The van der Waals surface area contributed by atoms with Crippen LogP contribution in [0.3, 0.4) is 0 Å². The number of ether oxygens (including phenoxy) is 1. The quantitative estimate of drug-likeness (QED) is 0.840. The molecule has 1 N–H and O–H groups in total. The van der Waals surface area contributed by atoms with Crippen LogP contribution in [0.1, 0.15) is 49.1 Å². The SMILES string of the molecule is CCOC(C)c1nc(C)c(CCC(=O)O)c(C)n1. The molecule has 0 spiro atoms. The lowest BCUT2D eigenvalue weighted by Crippen LogP contribution is -2.11. The molecule has 1 atom stereocenters. The molecule has 0 aromatic carbocycles. The van der Waals surface area contributed by atoms with Gasteiger partial charge < -0.3 is 9.84 Å². The highest BCUT2D eigenvalue weighted by molar-refractivity contribution is 5.67. The normalized spacial score (nSPS) is 12.4. The van der Waals surface area contributed by atoms with Gasteiger partial charge in [0.1, 0.15) is 6.10 Å². The van der Waals surface area contributed by atoms with Gasteiger partial charge in [0.15, 0.2) is 5.82 Å². The molecule has 1 unspecified atom stereocenters. The van der Waals surface area contributed by atoms with Gasteiger partial charge in [-0.15, -0.1) is 0 Å². The lowest BCUT2D eigenvalue weighted by molar-refractivity contribution is -0.136. The number of aromatic nitrogens is 2. The Morgan fingerprint density at radius 2 is 1.89 bits per heavy atom. The molecule has 0 aliphatic heterocycles. The molecule has 1 heterocycles. The van der Waals surface area contributed by atoms with Crippen LogP contribution in [-0.2, 0) is 16.0 Å². The minimum Gasteiger partial charge on any atom is -0.481 e. The van der Waals surface area contributed by atoms with Crippen molar-refractivity contribution in [2.24, 2.45) is 0 Å². The van der Waals surface area contributed by atoms with Crippen molar-refractivity contribution in [2.75, 3.05) is 6.61 Å². The molecule has 18 heavy (non-hydrogen) atoms. The number of carboxylic acids is 1. The zero-order valence-electron chi connectivity index (χ0n) is 11.4. The molecular formula is C13H20N2O3. The van der Waals surface area contributed by atoms with Crippen LogP contribution in [0.4, 0.5) is 0 Å². The molecule has 0 radical (unpaired) electrons. The van der Waals surface area contributed by atoms with Gasteiger partial charge in [0.25, 0.3) is 0 Å². The zero-order chi connectivity index (χ0) is 13.7. The van der Waals surface area contributed by atoms with Crippen molar-refractivity contribution in [1.29, 1.82) is 0 Å². The molecule has 0 aliphatic carbocycles. The maximum atomic E-state index is 10.6. The minimum absolute atomic E-state index is 0.103. The van der Waals surface area contributed by atoms with Crippen molar-refractivity contribution >= 4 is 5.97 Å². The highest BCUT2D eigenvalue weighted by Crippen LogP contribution is 2.18. The van der Waals surface area contributed by atoms with Gasteiger partial charge in [0, 0.05) is 24.4 Å². The topological polar surface area (TPSA) is 72.3 Å². The van der Waals surface area contributed by atoms with Crippen LogP contribution in [0, 0.1) is 13.8 Å². The fourth-order valence-corrected chi connectivity index (χ4v) is 1.87. The number of hydrogen-bond donors (Lipinski definition) is 1. The second-order valence-corrected chi connectivity index (χ2v) is 4.22. The Kier molecular flexibility index (Phi) is 5.22. The van der Waals surface area contributed by atoms with Gasteiger partial charge in [-0.05, 0) is 39.7 Å². The molecule has 1 aromatic rings. The van der Waals surface area contributed by atoms with E-state index >= 15 is 0 Å². The molecule has 1 rings (SSSR count). The predicted octanol–water partition coefficient (Wildman–Crippen LogP) is 2.21. The van der Waals surface area contributed by atoms with Crippen molar-refractivity contribution in [2.45, 2.75) is 46.6 Å². The van der Waals surface area contributed by atoms with E-state index < -0.39 is 5.97 Å². The first-order chi connectivity index (χ1) is 8.45. The number of nitrogens with zero attached hydrogens (tertiary/aromatic N) is 2. The van der Waals surface area contributed by atoms with Crippen LogP contribution in [0.5, 0.6) is 0 Å². The summed E-state index contributed by atoms with van der Waals surface area (Å²) in [6.45, 7) is 8.22. The van der Waals surface area contributed by atoms with Gasteiger partial charge in [-0.1, -0.05) is 0 Å². The third kappa shape index (κ3) is 3.77. The van der Waals surface area contributed by atoms with Gasteiger partial charge in [-0.3, -0.25) is 4.79 Å². The number of carbonyl (C=O) groups is 1. The molecule has 100 valence electrons. The highest BCUT2D eigenvalue weighted by Gasteiger charge is 2.14. The van der Waals surface area contributed by atoms with E-state index in [9.17, 15) is 4.79 Å². The summed E-state index contributed by atoms with van der Waals surface area (Å²) in [5.41, 5.74) is 2.60. The van der Waals surface area contributed by atoms with Crippen molar-refractivity contribution < 1.29 is 14.6 Å². The van der Waals surface area contributed by atoms with Crippen molar-refractivity contribution in [3.8, 4) is 0 Å². The monoisotopic (exact) mass is 252 g/mol. The average Bonchev–Trinajstić information content (AvgIpc) is 2.27. The van der Waals surface area contributed by atoms with Gasteiger partial charge in [-0.25, -0.2) is 9.97 Å². The maximum absolute atomic E-state index is 10.6. The Balaban J connectivity index is 2.93. The Morgan fingerprint density at radius 1 is 1.33 bits per heavy atom. The second-order valence-electron chi connectivity index (χ2n) is 4.22. The van der Waals surface area contributed by atoms with Gasteiger partial charge in [-0.2, -0.15) is 0 Å². The first-order valence-electron chi connectivity index (χ1n) is 6.13. The summed E-state index contributed by atoms with van der Waals surface area (Å²) < 4.78 is 5.46. The van der Waals surface area contributed by atoms with Gasteiger partial charge in [0.05, 0.1) is 0 Å². The third-order valence-corrected chi connectivity index (χ3v) is 2.81. The molecule has 0 saturated heterocycles. The summed E-state index contributed by atoms with van der Waals surface area (Å²) in [6.07, 6.45) is 0.433. The van der Waals surface area contributed by atoms with Gasteiger partial charge >= 0.3 is 5.97 Å². The third-order valence-electron chi connectivity index (χ3n) is 2.81. The fraction of sp³-hybridized carbons (Fsp3) is 0.615. The molecule has 1 aromatic heterocycles. The number of aliphatic carboxylic acids is 1. The molecule has 0 amide bonds. The smallest absolute Gasteiger partial charge is 0.303 e. The first-order valence-corrected chi connectivity index (χ1v) is 6.13. The largest absolute Gasteiger partial charge is 0.481 e. The number of hydrogen-bond acceptors (Lipinski definition) is 4. The van der Waals surface area contributed by atoms with Crippen LogP contribution < -0.4 is 0 Å². The zero-order valence-corrected chi connectivity index (χ0v) is 11.4. The van der Waals surface area contributed by atoms with E-state index in [1.165, 1.54) is 0 Å². The molecule has 5 nitrogen and oxygen atoms in total. The minimum atomic E-state index is -0.805. The molecule has 0 fully saturated rings. The lowest BCUT2D eigenvalue weighted by Gasteiger charge is -2.14. The summed E-state index contributed by atoms with van der Waals surface area (Å²) in [5.74, 6) is -0.147. The molecule has 5 heteroatoms. The summed E-state index contributed by atoms with van der Waals surface area (Å²) in [4.78, 5) is 19.4. The Bertz CT molecular complexity index is 409. The van der Waals surface area contributed by atoms with E-state index in [0.29, 0.717) is 18.9 Å². The van der Waals surface area contributed by atoms with E-state index in [0.717, 1.165) is 17.0 Å². The standard InChI is InChI=1S/C13H20N2O3/c1-5-18-10(4)13-14-8(2)11(9(3)15-13)6-7-12(16)17/h10H,5-7H2,1-4H3,(H,16,17). The van der Waals surface area contributed by atoms with Crippen LogP contribution in [0.15, 0.2) is 0 Å². The Morgan fingerprint density at radius 3 is 2.33 bits per heavy atom. The first kappa shape index (κ1) is 14.6. The molecule has 0 bridgehead atoms. The summed E-state index contributed by atoms with van der Waals surface area (Å²) in [7, 11) is 0. The van der Waals surface area contributed by atoms with Crippen molar-refractivity contribution in [1.82, 2.24) is 9.97 Å². The van der Waals surface area contributed by atoms with Crippen molar-refractivity contribution in [3.05, 3.63) is 22.8 Å². The van der Waals surface area contributed by atoms with E-state index in [2.05, 4.69) is 9.97 Å². The van der Waals surface area contributed by atoms with Crippen LogP contribution in [0.25, 0.3) is 0 Å². The van der Waals surface area contributed by atoms with Crippen LogP contribution in [0.2, 0.25) is 0 Å². The Hall–Kier alpha value is -1.49. The van der Waals surface area contributed by atoms with Crippen LogP contribution in [-0.4, -0.2) is 27.7 Å². The summed E-state index contributed by atoms with van der Waals surface area (Å²) in [6, 6.07) is 0. The summed E-state index contributed by atoms with van der Waals surface area (Å²) in [5, 5.41) is 8.71. The lowest BCUT2D eigenvalue weighted by atomic mass is 10.1. The van der Waals surface area contributed by atoms with E-state index in [1.807, 2.05) is 27.7 Å². The predicted molar refractivity (Wildman–Crippen MR) is 67.5 cm³/mol. The maximum Gasteiger partial charge on any atom is 0.303 e. The summed E-state index contributed by atoms with van der Waals surface area (Å²) >= 11 is 0. The Labute approximate surface area is 107 Å². The van der Waals surface area contributed by atoms with E-state index in [1.54, 1.807) is 0 Å². The number of rotatable bonds is 6. The molecule has 0 aliphatic rings. The highest BCUT2D eigenvalue weighted by atomic mass is 16.5. The molecule has 0 saturated carbocycles. The number of aryl methyl sites for hydroxylation is 2. The second kappa shape index (κ2) is 6.44. The molecular weight excluding hydrogens is 232 g/mol. The fourth-order valence-electron chi connectivity index (χ4n) is 1.87. The van der Waals surface area contributed by atoms with Crippen LogP contribution >= 0.6 is 0 Å².